The molecule has 0 aromatic heterocycles. The minimum atomic E-state index is -1.80. The van der Waals surface area contributed by atoms with Crippen LogP contribution in [0.5, 0.6) is 5.75 Å². The summed E-state index contributed by atoms with van der Waals surface area (Å²) < 4.78 is 0. The zero-order valence-electron chi connectivity index (χ0n) is 58.3. The number of allylic oxidation sites excluding steroid dienone is 1. The van der Waals surface area contributed by atoms with Crippen molar-refractivity contribution in [1.82, 2.24) is 52.8 Å². The Morgan fingerprint density at radius 2 is 1.06 bits per heavy atom. The number of guanidine groups is 2. The Hall–Kier alpha value is -9.67. The van der Waals surface area contributed by atoms with E-state index < -0.39 is 175 Å². The van der Waals surface area contributed by atoms with E-state index in [9.17, 15) is 77.6 Å². The van der Waals surface area contributed by atoms with Gasteiger partial charge in [-0.15, -0.1) is 0 Å². The first-order valence-corrected chi connectivity index (χ1v) is 33.9. The summed E-state index contributed by atoms with van der Waals surface area (Å²) in [4.78, 5) is 189. The number of nitrogens with two attached hydrogens (primary N) is 7. The topological polar surface area (TPSA) is 601 Å². The highest BCUT2D eigenvalue weighted by molar-refractivity contribution is 5.99. The summed E-state index contributed by atoms with van der Waals surface area (Å²) in [6.07, 6.45) is 2.83. The van der Waals surface area contributed by atoms with Crippen LogP contribution in [0.3, 0.4) is 0 Å². The van der Waals surface area contributed by atoms with Crippen LogP contribution in [-0.4, -0.2) is 202 Å². The molecule has 0 bridgehead atoms. The van der Waals surface area contributed by atoms with Crippen molar-refractivity contribution in [2.45, 2.75) is 230 Å². The number of hydrogen-bond acceptors (Lipinski definition) is 18. The number of carboxylic acids is 2. The Bertz CT molecular complexity index is 2980. The van der Waals surface area contributed by atoms with Gasteiger partial charge in [-0.2, -0.15) is 0 Å². The van der Waals surface area contributed by atoms with Gasteiger partial charge < -0.3 is 108 Å². The molecule has 1 aliphatic heterocycles. The van der Waals surface area contributed by atoms with E-state index in [2.05, 4.69) is 57.8 Å². The number of carbonyl (C=O) groups is 13. The van der Waals surface area contributed by atoms with Crippen LogP contribution in [0.25, 0.3) is 0 Å². The van der Waals surface area contributed by atoms with Crippen molar-refractivity contribution in [3.8, 4) is 5.75 Å². The largest absolute Gasteiger partial charge is 0.508 e. The van der Waals surface area contributed by atoms with E-state index in [0.717, 1.165) is 0 Å². The summed E-state index contributed by atoms with van der Waals surface area (Å²) in [5, 5.41) is 53.0. The number of rotatable bonds is 43. The highest BCUT2D eigenvalue weighted by Gasteiger charge is 2.39. The van der Waals surface area contributed by atoms with Crippen LogP contribution in [0.4, 0.5) is 0 Å². The van der Waals surface area contributed by atoms with Crippen molar-refractivity contribution in [2.24, 2.45) is 62.0 Å². The van der Waals surface area contributed by atoms with Crippen LogP contribution in [0.2, 0.25) is 0 Å². The molecule has 100 heavy (non-hydrogen) atoms. The third kappa shape index (κ3) is 33.3. The van der Waals surface area contributed by atoms with Crippen LogP contribution < -0.4 is 88.0 Å². The predicted octanol–water partition coefficient (Wildman–Crippen LogP) is -3.07. The van der Waals surface area contributed by atoms with Crippen LogP contribution in [0.15, 0.2) is 46.4 Å². The quantitative estimate of drug-likeness (QED) is 0.0133. The van der Waals surface area contributed by atoms with Gasteiger partial charge in [-0.05, 0) is 146 Å². The molecule has 11 amide bonds. The van der Waals surface area contributed by atoms with E-state index >= 15 is 0 Å². The monoisotopic (exact) mass is 1410 g/mol. The lowest BCUT2D eigenvalue weighted by Gasteiger charge is -2.35. The number of aliphatic carboxylic acids is 2. The number of phenols is 1. The van der Waals surface area contributed by atoms with Gasteiger partial charge in [0.05, 0.1) is 6.04 Å². The second-order valence-electron chi connectivity index (χ2n) is 25.4. The molecule has 3 unspecified atom stereocenters. The van der Waals surface area contributed by atoms with Crippen molar-refractivity contribution in [3.05, 3.63) is 42.0 Å². The summed E-state index contributed by atoms with van der Waals surface area (Å²) in [5.41, 5.74) is 39.9. The van der Waals surface area contributed by atoms with E-state index in [1.807, 2.05) is 0 Å². The SMILES string of the molecule is CCC(C)C1NC(=O)[C@H](CC(C)N=C(N)N)NC(=O)CCC/C=C\CN([C@@H](C)C(=O)N[C@@H](CCCN=C(N)N)C(=O)N[C@@H](CC(C)C)C(=O)N[C@@H](CCC(=O)O)C(=O)N[C@@H](CCC(=O)O)C(=O)N[C@@H](CCCCN)C(=O)N[C@@H](Cc2ccc(O)cc2)C(=O)N[C@@H](CCCCN)C(N)=O)C1=O. The third-order valence-electron chi connectivity index (χ3n) is 16.4. The smallest absolute Gasteiger partial charge is 0.303 e. The number of amides is 11. The highest BCUT2D eigenvalue weighted by atomic mass is 16.4. The Morgan fingerprint density at radius 3 is 1.55 bits per heavy atom. The van der Waals surface area contributed by atoms with Gasteiger partial charge in [0.1, 0.15) is 66.2 Å². The van der Waals surface area contributed by atoms with Crippen molar-refractivity contribution >= 4 is 88.8 Å². The van der Waals surface area contributed by atoms with E-state index in [0.29, 0.717) is 50.6 Å². The molecule has 560 valence electrons. The maximum atomic E-state index is 14.9. The van der Waals surface area contributed by atoms with Gasteiger partial charge in [0.25, 0.3) is 0 Å². The zero-order valence-corrected chi connectivity index (χ0v) is 58.3. The molecule has 1 heterocycles. The number of hydrogen-bond donors (Lipinski definition) is 19. The van der Waals surface area contributed by atoms with Crippen molar-refractivity contribution in [1.29, 1.82) is 0 Å². The number of nitrogens with zero attached hydrogens (tertiary/aromatic N) is 3. The van der Waals surface area contributed by atoms with Gasteiger partial charge in [-0.1, -0.05) is 58.4 Å². The minimum Gasteiger partial charge on any atom is -0.508 e. The fourth-order valence-electron chi connectivity index (χ4n) is 10.6. The van der Waals surface area contributed by atoms with Gasteiger partial charge >= 0.3 is 11.9 Å². The molecule has 35 heteroatoms. The zero-order chi connectivity index (χ0) is 75.2. The van der Waals surface area contributed by atoms with Gasteiger partial charge in [-0.3, -0.25) is 72.3 Å². The number of phenolic OH excluding ortho intramolecular Hbond substituents is 1. The second-order valence-corrected chi connectivity index (χ2v) is 25.4. The Balaban J connectivity index is 2.63. The summed E-state index contributed by atoms with van der Waals surface area (Å²) in [6, 6.07) is -9.42. The molecule has 35 nitrogen and oxygen atoms in total. The molecule has 2 rings (SSSR count). The first kappa shape index (κ1) is 86.4. The first-order valence-electron chi connectivity index (χ1n) is 33.9. The Labute approximate surface area is 583 Å². The van der Waals surface area contributed by atoms with Crippen molar-refractivity contribution in [2.75, 3.05) is 26.2 Å². The second kappa shape index (κ2) is 45.8. The van der Waals surface area contributed by atoms with Gasteiger partial charge in [0, 0.05) is 38.8 Å². The van der Waals surface area contributed by atoms with E-state index in [1.165, 1.54) is 36.1 Å². The fraction of sp³-hybridized carbons (Fsp3) is 0.646. The van der Waals surface area contributed by atoms with Crippen molar-refractivity contribution in [3.63, 3.8) is 0 Å². The molecule has 1 aromatic carbocycles. The molecule has 12 atom stereocenters. The molecule has 0 aliphatic carbocycles. The van der Waals surface area contributed by atoms with Gasteiger partial charge in [0.2, 0.25) is 65.0 Å². The van der Waals surface area contributed by atoms with E-state index in [1.54, 1.807) is 46.8 Å². The fourth-order valence-corrected chi connectivity index (χ4v) is 10.6. The average Bonchev–Trinajstić information content (AvgIpc) is 0.832. The van der Waals surface area contributed by atoms with E-state index in [-0.39, 0.29) is 101 Å². The molecule has 0 saturated heterocycles. The van der Waals surface area contributed by atoms with E-state index in [4.69, 9.17) is 40.1 Å². The number of carbonyl (C=O) groups excluding carboxylic acids is 11. The molecule has 0 saturated carbocycles. The lowest BCUT2D eigenvalue weighted by Crippen LogP contribution is -2.61. The lowest BCUT2D eigenvalue weighted by molar-refractivity contribution is -0.144. The number of aliphatic imine (C=N–C) groups is 2. The van der Waals surface area contributed by atoms with Crippen molar-refractivity contribution < 1.29 is 77.6 Å². The number of aromatic hydroxyl groups is 1. The van der Waals surface area contributed by atoms with Gasteiger partial charge in [0.15, 0.2) is 11.9 Å². The molecule has 0 spiro atoms. The summed E-state index contributed by atoms with van der Waals surface area (Å²) in [7, 11) is 0. The normalized spacial score (nSPS) is 17.7. The maximum Gasteiger partial charge on any atom is 0.303 e. The Kier molecular flexibility index (Phi) is 39.6. The predicted molar refractivity (Wildman–Crippen MR) is 371 cm³/mol. The third-order valence-corrected chi connectivity index (χ3v) is 16.4. The molecule has 1 aliphatic rings. The number of carboxylic acid groups (broad SMARTS) is 2. The number of unbranched alkanes of at least 4 members (excludes halogenated alkanes) is 2. The molecule has 0 fully saturated rings. The number of benzene rings is 1. The number of nitrogens with one attached hydrogen (secondary N) is 9. The average molecular weight is 1410 g/mol. The molecule has 0 radical (unpaired) electrons. The minimum absolute atomic E-state index is 0.0306. The molecule has 1 aromatic rings. The van der Waals surface area contributed by atoms with Gasteiger partial charge in [-0.25, -0.2) is 0 Å². The highest BCUT2D eigenvalue weighted by Crippen LogP contribution is 2.19. The van der Waals surface area contributed by atoms with Crippen LogP contribution in [0, 0.1) is 11.8 Å². The number of primary amides is 1. The molecular formula is C65H109N19O16. The Morgan fingerprint density at radius 1 is 0.590 bits per heavy atom. The summed E-state index contributed by atoms with van der Waals surface area (Å²) in [5.74, 6) is -13.9. The first-order chi connectivity index (χ1) is 47.2. The summed E-state index contributed by atoms with van der Waals surface area (Å²) >= 11 is 0. The lowest BCUT2D eigenvalue weighted by atomic mass is 9.96. The maximum absolute atomic E-state index is 14.9. The van der Waals surface area contributed by atoms with Crippen LogP contribution in [-0.2, 0) is 68.7 Å². The molecular weight excluding hydrogens is 1300 g/mol. The van der Waals surface area contributed by atoms with Crippen LogP contribution >= 0.6 is 0 Å². The van der Waals surface area contributed by atoms with Crippen LogP contribution in [0.1, 0.15) is 163 Å². The standard InChI is InChI=1S/C65H109N19O16/c1-7-37(4)53-63(100)84(32-15-9-8-10-20-50(86)75-48(62(99)83-53)34-38(5)74-65(71)72)39(6)55(92)77-44(19-16-31-73-64(69)70)57(94)81-47(33-36(2)3)60(97)80-46(26-28-52(89)90)59(96)79-45(25-27-51(87)88)58(95)78-43(18-12-14-30-67)56(93)82-49(35-40-21-23-41(85)24-22-40)61(98)76-42(54(68)91)17-11-13-29-66/h9,15,21-24,36-39,42-49,53,85H,7-8,10-14,16-20,25-35,66-67H2,1-6H3,(H2,68,91)(H,75,86)(H,76,98)(H,77,92)(H,78,95)(H,79,96)(H,80,97)(H,81,94)(H,82,93)(H,83,99)(H,87,88)(H,89,90)(H4,69,70,73)(H4,71,72,74)/b15-9-/t37?,38?,39-,42-,43-,44-,45-,46-,47-,48-,49-,53?/m0/s1. The molecule has 26 N–H and O–H groups in total. The summed E-state index contributed by atoms with van der Waals surface area (Å²) in [6.45, 7) is 10.2.